The number of rotatable bonds is 13. The third-order valence-electron chi connectivity index (χ3n) is 5.73. The number of ether oxygens (including phenoxy) is 3. The molecule has 0 atom stereocenters. The van der Waals surface area contributed by atoms with Gasteiger partial charge in [0.1, 0.15) is 29.5 Å². The Balaban J connectivity index is 1.11. The number of carbonyl (C=O) groups is 1. The predicted octanol–water partition coefficient (Wildman–Crippen LogP) is 5.33. The minimum Gasteiger partial charge on any atom is -0.491 e. The Kier molecular flexibility index (Phi) is 9.08. The highest BCUT2D eigenvalue weighted by Crippen LogP contribution is 2.22. The number of nitrogens with one attached hydrogen (secondary N) is 1. The smallest absolute Gasteiger partial charge is 0.337 e. The monoisotopic (exact) mass is 491 g/mol. The SMILES string of the molecule is COC(=O)c1ccc(OCCOCCNCc2ccc3cc(CCc4ccc(F)cc4)oc3c2)cc1. The van der Waals surface area contributed by atoms with Gasteiger partial charge >= 0.3 is 5.97 Å². The molecule has 4 aromatic rings. The Morgan fingerprint density at radius 2 is 1.67 bits per heavy atom. The van der Waals surface area contributed by atoms with E-state index in [1.807, 2.05) is 12.1 Å². The van der Waals surface area contributed by atoms with Crippen molar-refractivity contribution in [1.29, 1.82) is 0 Å². The van der Waals surface area contributed by atoms with E-state index in [9.17, 15) is 9.18 Å². The molecule has 6 nitrogen and oxygen atoms in total. The summed E-state index contributed by atoms with van der Waals surface area (Å²) in [5.74, 6) is 1.01. The first-order valence-electron chi connectivity index (χ1n) is 12.0. The Hall–Kier alpha value is -3.68. The molecule has 36 heavy (non-hydrogen) atoms. The van der Waals surface area contributed by atoms with Crippen LogP contribution >= 0.6 is 0 Å². The molecule has 0 saturated carbocycles. The van der Waals surface area contributed by atoms with Crippen molar-refractivity contribution in [3.8, 4) is 5.75 Å². The van der Waals surface area contributed by atoms with Gasteiger partial charge in [-0.2, -0.15) is 0 Å². The van der Waals surface area contributed by atoms with Crippen LogP contribution in [0, 0.1) is 5.82 Å². The maximum absolute atomic E-state index is 13.1. The molecule has 7 heteroatoms. The number of benzene rings is 3. The van der Waals surface area contributed by atoms with Gasteiger partial charge in [-0.05, 0) is 66.1 Å². The summed E-state index contributed by atoms with van der Waals surface area (Å²) >= 11 is 0. The van der Waals surface area contributed by atoms with Crippen LogP contribution in [0.25, 0.3) is 11.0 Å². The summed E-state index contributed by atoms with van der Waals surface area (Å²) in [5.41, 5.74) is 3.59. The third-order valence-corrected chi connectivity index (χ3v) is 5.73. The van der Waals surface area contributed by atoms with Crippen molar-refractivity contribution in [2.45, 2.75) is 19.4 Å². The molecule has 0 aliphatic carbocycles. The summed E-state index contributed by atoms with van der Waals surface area (Å²) in [5, 5.41) is 4.45. The summed E-state index contributed by atoms with van der Waals surface area (Å²) in [7, 11) is 1.35. The molecule has 0 spiro atoms. The lowest BCUT2D eigenvalue weighted by molar-refractivity contribution is 0.0600. The summed E-state index contributed by atoms with van der Waals surface area (Å²) < 4.78 is 35.0. The van der Waals surface area contributed by atoms with Crippen molar-refractivity contribution in [1.82, 2.24) is 5.32 Å². The Labute approximate surface area is 210 Å². The second-order valence-corrected chi connectivity index (χ2v) is 8.36. The van der Waals surface area contributed by atoms with Gasteiger partial charge in [0, 0.05) is 24.9 Å². The lowest BCUT2D eigenvalue weighted by Crippen LogP contribution is -2.20. The maximum atomic E-state index is 13.1. The average Bonchev–Trinajstić information content (AvgIpc) is 3.32. The van der Waals surface area contributed by atoms with Crippen molar-refractivity contribution >= 4 is 16.9 Å². The standard InChI is InChI=1S/C29H30FNO5/c1-33-29(32)23-7-12-26(13-8-23)35-17-16-34-15-14-31-20-22-2-6-24-19-27(36-28(24)18-22)11-5-21-3-9-25(30)10-4-21/h2-4,6-10,12-13,18-19,31H,5,11,14-17,20H2,1H3. The van der Waals surface area contributed by atoms with E-state index in [4.69, 9.17) is 13.9 Å². The van der Waals surface area contributed by atoms with Crippen LogP contribution in [0.5, 0.6) is 5.75 Å². The van der Waals surface area contributed by atoms with Crippen molar-refractivity contribution < 1.29 is 27.8 Å². The molecule has 1 N–H and O–H groups in total. The molecule has 0 aliphatic rings. The van der Waals surface area contributed by atoms with Gasteiger partial charge in [0.05, 0.1) is 25.9 Å². The molecule has 0 amide bonds. The molecular formula is C29H30FNO5. The maximum Gasteiger partial charge on any atom is 0.337 e. The van der Waals surface area contributed by atoms with Crippen LogP contribution in [0.3, 0.4) is 0 Å². The molecule has 0 saturated heterocycles. The molecule has 188 valence electrons. The fourth-order valence-corrected chi connectivity index (χ4v) is 3.78. The normalized spacial score (nSPS) is 11.1. The van der Waals surface area contributed by atoms with Gasteiger partial charge in [-0.25, -0.2) is 9.18 Å². The summed E-state index contributed by atoms with van der Waals surface area (Å²) in [6.45, 7) is 2.90. The summed E-state index contributed by atoms with van der Waals surface area (Å²) in [6.07, 6.45) is 1.58. The van der Waals surface area contributed by atoms with Crippen LogP contribution < -0.4 is 10.1 Å². The van der Waals surface area contributed by atoms with Crippen LogP contribution in [-0.4, -0.2) is 39.4 Å². The first kappa shape index (κ1) is 25.4. The molecule has 1 heterocycles. The van der Waals surface area contributed by atoms with Crippen LogP contribution in [0.4, 0.5) is 4.39 Å². The highest BCUT2D eigenvalue weighted by molar-refractivity contribution is 5.89. The second-order valence-electron chi connectivity index (χ2n) is 8.36. The van der Waals surface area contributed by atoms with Crippen molar-refractivity contribution in [3.05, 3.63) is 101 Å². The van der Waals surface area contributed by atoms with E-state index in [2.05, 4.69) is 34.3 Å². The summed E-state index contributed by atoms with van der Waals surface area (Å²) in [6, 6.07) is 21.7. The molecular weight excluding hydrogens is 461 g/mol. The number of halogens is 1. The number of carbonyl (C=O) groups excluding carboxylic acids is 1. The number of esters is 1. The van der Waals surface area contributed by atoms with Gasteiger partial charge in [0.25, 0.3) is 0 Å². The number of furan rings is 1. The number of hydrogen-bond acceptors (Lipinski definition) is 6. The zero-order valence-electron chi connectivity index (χ0n) is 20.3. The molecule has 0 fully saturated rings. The third kappa shape index (κ3) is 7.41. The van der Waals surface area contributed by atoms with E-state index >= 15 is 0 Å². The topological polar surface area (TPSA) is 69.9 Å². The quantitative estimate of drug-likeness (QED) is 0.201. The Morgan fingerprint density at radius 3 is 2.44 bits per heavy atom. The minimum absolute atomic E-state index is 0.218. The summed E-state index contributed by atoms with van der Waals surface area (Å²) in [4.78, 5) is 11.4. The van der Waals surface area contributed by atoms with E-state index in [-0.39, 0.29) is 11.8 Å². The fourth-order valence-electron chi connectivity index (χ4n) is 3.78. The zero-order valence-corrected chi connectivity index (χ0v) is 20.3. The Morgan fingerprint density at radius 1 is 0.889 bits per heavy atom. The van der Waals surface area contributed by atoms with Crippen molar-refractivity contribution in [2.75, 3.05) is 33.5 Å². The minimum atomic E-state index is -0.371. The lowest BCUT2D eigenvalue weighted by atomic mass is 10.1. The number of aryl methyl sites for hydroxylation is 2. The highest BCUT2D eigenvalue weighted by Gasteiger charge is 2.07. The van der Waals surface area contributed by atoms with Crippen LogP contribution in [0.15, 0.2) is 77.2 Å². The average molecular weight is 492 g/mol. The number of fused-ring (bicyclic) bond motifs is 1. The molecule has 0 aliphatic heterocycles. The van der Waals surface area contributed by atoms with Gasteiger partial charge in [-0.15, -0.1) is 0 Å². The van der Waals surface area contributed by atoms with E-state index in [1.165, 1.54) is 19.2 Å². The van der Waals surface area contributed by atoms with E-state index < -0.39 is 0 Å². The first-order valence-corrected chi connectivity index (χ1v) is 12.0. The van der Waals surface area contributed by atoms with Gasteiger partial charge in [0.2, 0.25) is 0 Å². The highest BCUT2D eigenvalue weighted by atomic mass is 19.1. The van der Waals surface area contributed by atoms with Crippen LogP contribution in [0.1, 0.15) is 27.2 Å². The van der Waals surface area contributed by atoms with Crippen LogP contribution in [0.2, 0.25) is 0 Å². The van der Waals surface area contributed by atoms with Crippen molar-refractivity contribution in [3.63, 3.8) is 0 Å². The molecule has 1 aromatic heterocycles. The van der Waals surface area contributed by atoms with E-state index in [0.717, 1.165) is 40.7 Å². The first-order chi connectivity index (χ1) is 17.6. The van der Waals surface area contributed by atoms with E-state index in [1.54, 1.807) is 24.3 Å². The zero-order chi connectivity index (χ0) is 25.2. The van der Waals surface area contributed by atoms with Gasteiger partial charge in [-0.3, -0.25) is 0 Å². The molecule has 3 aromatic carbocycles. The number of methoxy groups -OCH3 is 1. The van der Waals surface area contributed by atoms with Crippen molar-refractivity contribution in [2.24, 2.45) is 0 Å². The number of hydrogen-bond donors (Lipinski definition) is 1. The second kappa shape index (κ2) is 12.9. The Bertz CT molecular complexity index is 1250. The van der Waals surface area contributed by atoms with Gasteiger partial charge in [0.15, 0.2) is 0 Å². The van der Waals surface area contributed by atoms with Gasteiger partial charge < -0.3 is 23.9 Å². The largest absolute Gasteiger partial charge is 0.491 e. The molecule has 0 unspecified atom stereocenters. The predicted molar refractivity (Wildman–Crippen MR) is 136 cm³/mol. The van der Waals surface area contributed by atoms with Crippen LogP contribution in [-0.2, 0) is 28.9 Å². The molecule has 4 rings (SSSR count). The lowest BCUT2D eigenvalue weighted by Gasteiger charge is -2.08. The van der Waals surface area contributed by atoms with E-state index in [0.29, 0.717) is 44.2 Å². The van der Waals surface area contributed by atoms with Gasteiger partial charge in [-0.1, -0.05) is 24.3 Å². The fraction of sp³-hybridized carbons (Fsp3) is 0.276. The molecule has 0 radical (unpaired) electrons. The molecule has 0 bridgehead atoms.